The summed E-state index contributed by atoms with van der Waals surface area (Å²) in [6.45, 7) is 1.11. The monoisotopic (exact) mass is 273 g/mol. The van der Waals surface area contributed by atoms with Crippen LogP contribution in [0.1, 0.15) is 23.2 Å². The summed E-state index contributed by atoms with van der Waals surface area (Å²) in [6.07, 6.45) is 4.03. The molecule has 1 saturated carbocycles. The molecule has 3 atom stereocenters. The summed E-state index contributed by atoms with van der Waals surface area (Å²) in [5.41, 5.74) is 1.66. The molecule has 2 N–H and O–H groups in total. The Morgan fingerprint density at radius 2 is 2.37 bits per heavy atom. The highest BCUT2D eigenvalue weighted by Crippen LogP contribution is 2.31. The zero-order valence-corrected chi connectivity index (χ0v) is 11.2. The number of carbonyl (C=O) groups is 1. The smallest absolute Gasteiger partial charge is 0.253 e. The van der Waals surface area contributed by atoms with Gasteiger partial charge >= 0.3 is 0 Å². The molecule has 1 aliphatic heterocycles. The zero-order valence-electron chi connectivity index (χ0n) is 10.4. The number of hydrogen-bond donors (Lipinski definition) is 2. The molecule has 4 rings (SSSR count). The summed E-state index contributed by atoms with van der Waals surface area (Å²) < 4.78 is 0.983. The highest BCUT2D eigenvalue weighted by Gasteiger charge is 2.40. The molecule has 0 spiro atoms. The third-order valence-corrected chi connectivity index (χ3v) is 5.17. The van der Waals surface area contributed by atoms with E-state index in [2.05, 4.69) is 15.6 Å². The van der Waals surface area contributed by atoms with Gasteiger partial charge in [-0.25, -0.2) is 0 Å². The van der Waals surface area contributed by atoms with Crippen LogP contribution in [0.5, 0.6) is 0 Å². The van der Waals surface area contributed by atoms with E-state index in [0.717, 1.165) is 34.7 Å². The average Bonchev–Trinajstić information content (AvgIpc) is 3.13. The summed E-state index contributed by atoms with van der Waals surface area (Å²) >= 11 is 1.58. The number of hydrogen-bond acceptors (Lipinski definition) is 4. The molecule has 98 valence electrons. The normalized spacial score (nSPS) is 28.9. The molecule has 19 heavy (non-hydrogen) atoms. The highest BCUT2D eigenvalue weighted by atomic mass is 32.1. The molecule has 1 aliphatic carbocycles. The molecule has 3 heterocycles. The highest BCUT2D eigenvalue weighted by molar-refractivity contribution is 7.17. The van der Waals surface area contributed by atoms with Crippen LogP contribution < -0.4 is 10.6 Å². The fourth-order valence-corrected chi connectivity index (χ4v) is 4.17. The Hall–Kier alpha value is -1.46. The van der Waals surface area contributed by atoms with E-state index in [4.69, 9.17) is 0 Å². The lowest BCUT2D eigenvalue weighted by molar-refractivity contribution is 0.0930. The van der Waals surface area contributed by atoms with E-state index in [9.17, 15) is 4.79 Å². The number of fused-ring (bicyclic) bond motifs is 3. The molecule has 2 fully saturated rings. The van der Waals surface area contributed by atoms with Crippen LogP contribution in [0.25, 0.3) is 10.2 Å². The molecule has 1 saturated heterocycles. The molecule has 3 unspecified atom stereocenters. The summed E-state index contributed by atoms with van der Waals surface area (Å²) in [4.78, 5) is 16.7. The summed E-state index contributed by atoms with van der Waals surface area (Å²) in [5, 5.41) is 8.64. The Bertz CT molecular complexity index is 638. The molecular formula is C14H15N3OS. The lowest BCUT2D eigenvalue weighted by Crippen LogP contribution is -2.47. The number of nitrogens with one attached hydrogen (secondary N) is 2. The fourth-order valence-electron chi connectivity index (χ4n) is 3.31. The minimum absolute atomic E-state index is 0.0363. The van der Waals surface area contributed by atoms with E-state index in [1.165, 1.54) is 6.42 Å². The van der Waals surface area contributed by atoms with Crippen molar-refractivity contribution in [1.29, 1.82) is 0 Å². The van der Waals surface area contributed by atoms with E-state index < -0.39 is 0 Å². The quantitative estimate of drug-likeness (QED) is 0.877. The molecule has 5 heteroatoms. The number of thiophene rings is 1. The van der Waals surface area contributed by atoms with Crippen LogP contribution in [0.4, 0.5) is 0 Å². The maximum atomic E-state index is 12.4. The average molecular weight is 273 g/mol. The minimum Gasteiger partial charge on any atom is -0.348 e. The van der Waals surface area contributed by atoms with Gasteiger partial charge in [-0.2, -0.15) is 0 Å². The van der Waals surface area contributed by atoms with Crippen LogP contribution >= 0.6 is 11.3 Å². The summed E-state index contributed by atoms with van der Waals surface area (Å²) in [5.74, 6) is 0.781. The van der Waals surface area contributed by atoms with Gasteiger partial charge in [0.1, 0.15) is 0 Å². The first-order chi connectivity index (χ1) is 9.31. The van der Waals surface area contributed by atoms with Crippen molar-refractivity contribution >= 4 is 27.5 Å². The molecule has 1 amide bonds. The second-order valence-corrected chi connectivity index (χ2v) is 6.34. The van der Waals surface area contributed by atoms with E-state index in [-0.39, 0.29) is 11.9 Å². The van der Waals surface area contributed by atoms with Crippen LogP contribution in [0, 0.1) is 5.92 Å². The molecular weight excluding hydrogens is 258 g/mol. The van der Waals surface area contributed by atoms with E-state index >= 15 is 0 Å². The van der Waals surface area contributed by atoms with E-state index in [0.29, 0.717) is 6.04 Å². The number of aromatic nitrogens is 1. The minimum atomic E-state index is 0.0363. The SMILES string of the molecule is O=C(NC1CC2CNC1C2)c1ccnc2ccsc12. The predicted molar refractivity (Wildman–Crippen MR) is 75.4 cm³/mol. The first-order valence-corrected chi connectivity index (χ1v) is 7.55. The third-order valence-electron chi connectivity index (χ3n) is 4.23. The summed E-state index contributed by atoms with van der Waals surface area (Å²) in [6, 6.07) is 4.52. The van der Waals surface area contributed by atoms with Crippen molar-refractivity contribution in [2.75, 3.05) is 6.54 Å². The first kappa shape index (κ1) is 11.4. The van der Waals surface area contributed by atoms with Crippen molar-refractivity contribution in [3.05, 3.63) is 29.3 Å². The Morgan fingerprint density at radius 3 is 3.16 bits per heavy atom. The maximum absolute atomic E-state index is 12.4. The fraction of sp³-hybridized carbons (Fsp3) is 0.429. The third kappa shape index (κ3) is 1.84. The van der Waals surface area contributed by atoms with Gasteiger partial charge in [-0.05, 0) is 42.8 Å². The van der Waals surface area contributed by atoms with Gasteiger partial charge in [-0.15, -0.1) is 11.3 Å². The lowest BCUT2D eigenvalue weighted by atomic mass is 10.1. The Labute approximate surface area is 115 Å². The molecule has 0 radical (unpaired) electrons. The second-order valence-electron chi connectivity index (χ2n) is 5.43. The number of piperidine rings is 1. The molecule has 2 aliphatic rings. The van der Waals surface area contributed by atoms with Crippen molar-refractivity contribution in [2.45, 2.75) is 24.9 Å². The van der Waals surface area contributed by atoms with Crippen LogP contribution in [-0.4, -0.2) is 29.5 Å². The Kier molecular flexibility index (Phi) is 2.56. The summed E-state index contributed by atoms with van der Waals surface area (Å²) in [7, 11) is 0. The van der Waals surface area contributed by atoms with Crippen LogP contribution in [0.15, 0.2) is 23.7 Å². The molecule has 4 nitrogen and oxygen atoms in total. The van der Waals surface area contributed by atoms with Gasteiger partial charge in [0.25, 0.3) is 5.91 Å². The van der Waals surface area contributed by atoms with Gasteiger partial charge in [0.2, 0.25) is 0 Å². The topological polar surface area (TPSA) is 54.0 Å². The lowest BCUT2D eigenvalue weighted by Gasteiger charge is -2.24. The molecule has 2 aromatic rings. The van der Waals surface area contributed by atoms with Crippen LogP contribution in [-0.2, 0) is 0 Å². The van der Waals surface area contributed by atoms with E-state index in [1.807, 2.05) is 17.5 Å². The second kappa shape index (κ2) is 4.28. The maximum Gasteiger partial charge on any atom is 0.253 e. The van der Waals surface area contributed by atoms with Crippen molar-refractivity contribution in [3.8, 4) is 0 Å². The van der Waals surface area contributed by atoms with Gasteiger partial charge in [0, 0.05) is 18.3 Å². The van der Waals surface area contributed by atoms with Crippen LogP contribution in [0.2, 0.25) is 0 Å². The van der Waals surface area contributed by atoms with Gasteiger partial charge < -0.3 is 10.6 Å². The van der Waals surface area contributed by atoms with E-state index in [1.54, 1.807) is 17.5 Å². The van der Waals surface area contributed by atoms with Gasteiger partial charge in [0.15, 0.2) is 0 Å². The standard InChI is InChI=1S/C14H15N3OS/c18-14(17-12-6-8-5-11(12)16-7-8)9-1-3-15-10-2-4-19-13(9)10/h1-4,8,11-12,16H,5-7H2,(H,17,18). The van der Waals surface area contributed by atoms with Gasteiger partial charge in [-0.3, -0.25) is 9.78 Å². The number of amides is 1. The Balaban J connectivity index is 1.59. The van der Waals surface area contributed by atoms with Gasteiger partial charge in [0.05, 0.1) is 15.8 Å². The predicted octanol–water partition coefficient (Wildman–Crippen LogP) is 1.78. The van der Waals surface area contributed by atoms with Crippen molar-refractivity contribution in [1.82, 2.24) is 15.6 Å². The van der Waals surface area contributed by atoms with Gasteiger partial charge in [-0.1, -0.05) is 0 Å². The number of nitrogens with zero attached hydrogens (tertiary/aromatic N) is 1. The van der Waals surface area contributed by atoms with Crippen molar-refractivity contribution < 1.29 is 4.79 Å². The largest absolute Gasteiger partial charge is 0.348 e. The Morgan fingerprint density at radius 1 is 1.42 bits per heavy atom. The van der Waals surface area contributed by atoms with Crippen LogP contribution in [0.3, 0.4) is 0 Å². The number of carbonyl (C=O) groups excluding carboxylic acids is 1. The molecule has 0 aromatic carbocycles. The van der Waals surface area contributed by atoms with Crippen molar-refractivity contribution in [3.63, 3.8) is 0 Å². The number of pyridine rings is 1. The number of rotatable bonds is 2. The molecule has 2 aromatic heterocycles. The van der Waals surface area contributed by atoms with Crippen molar-refractivity contribution in [2.24, 2.45) is 5.92 Å². The zero-order chi connectivity index (χ0) is 12.8. The first-order valence-electron chi connectivity index (χ1n) is 6.68. The molecule has 2 bridgehead atoms.